The number of hydrogen-bond acceptors (Lipinski definition) is 2. The average Bonchev–Trinajstić information content (AvgIpc) is 3.68. The molecule has 298 valence electrons. The van der Waals surface area contributed by atoms with Gasteiger partial charge in [-0.3, -0.25) is 0 Å². The first-order valence-electron chi connectivity index (χ1n) is 22.1. The Labute approximate surface area is 375 Å². The molecule has 12 aromatic rings. The summed E-state index contributed by atoms with van der Waals surface area (Å²) in [5, 5.41) is 9.96. The molecule has 2 heterocycles. The summed E-state index contributed by atoms with van der Waals surface area (Å²) in [5.41, 5.74) is 14.3. The molecular formula is C61H38N2S. The lowest BCUT2D eigenvalue weighted by Crippen LogP contribution is -2.36. The second kappa shape index (κ2) is 13.6. The highest BCUT2D eigenvalue weighted by atomic mass is 32.2. The van der Waals surface area contributed by atoms with E-state index in [1.165, 1.54) is 103 Å². The minimum absolute atomic E-state index is 0.511. The van der Waals surface area contributed by atoms with Gasteiger partial charge in [0.2, 0.25) is 0 Å². The molecule has 1 aliphatic heterocycles. The SMILES string of the molecule is c1ccc2c(c1)Sc1cc(N(c3ccc4c5ccccc5n(-c5cccc6ccccc56)c4c3)c3cccc4ccccc34)ccc1C21c2ccccc2-c2cccc3cccc1c23. The molecule has 1 spiro atoms. The van der Waals surface area contributed by atoms with Crippen molar-refractivity contribution >= 4 is 82.9 Å². The molecular weight excluding hydrogens is 793 g/mol. The smallest absolute Gasteiger partial charge is 0.0735 e. The number of para-hydroxylation sites is 1. The van der Waals surface area contributed by atoms with Crippen molar-refractivity contribution in [2.45, 2.75) is 15.2 Å². The fraction of sp³-hybridized carbons (Fsp3) is 0.0164. The van der Waals surface area contributed by atoms with Crippen molar-refractivity contribution in [2.75, 3.05) is 4.90 Å². The molecule has 64 heavy (non-hydrogen) atoms. The Morgan fingerprint density at radius 2 is 0.938 bits per heavy atom. The maximum Gasteiger partial charge on any atom is 0.0735 e. The molecule has 1 aromatic heterocycles. The summed E-state index contributed by atoms with van der Waals surface area (Å²) in [4.78, 5) is 5.04. The second-order valence-corrected chi connectivity index (χ2v) is 18.3. The van der Waals surface area contributed by atoms with Crippen molar-refractivity contribution in [3.8, 4) is 16.8 Å². The fourth-order valence-corrected chi connectivity index (χ4v) is 12.6. The Kier molecular flexibility index (Phi) is 7.57. The van der Waals surface area contributed by atoms with Gasteiger partial charge in [0.05, 0.1) is 27.8 Å². The molecule has 1 aliphatic carbocycles. The predicted octanol–water partition coefficient (Wildman–Crippen LogP) is 16.5. The van der Waals surface area contributed by atoms with Gasteiger partial charge in [0.1, 0.15) is 0 Å². The van der Waals surface area contributed by atoms with Crippen LogP contribution in [0.15, 0.2) is 240 Å². The van der Waals surface area contributed by atoms with Crippen molar-refractivity contribution in [1.82, 2.24) is 4.57 Å². The van der Waals surface area contributed by atoms with Crippen LogP contribution in [0.4, 0.5) is 17.1 Å². The van der Waals surface area contributed by atoms with Gasteiger partial charge in [-0.25, -0.2) is 0 Å². The average molecular weight is 831 g/mol. The molecule has 0 radical (unpaired) electrons. The minimum atomic E-state index is -0.511. The van der Waals surface area contributed by atoms with Crippen LogP contribution in [0.3, 0.4) is 0 Å². The monoisotopic (exact) mass is 830 g/mol. The topological polar surface area (TPSA) is 8.17 Å². The van der Waals surface area contributed by atoms with Crippen LogP contribution in [0, 0.1) is 0 Å². The zero-order valence-corrected chi connectivity index (χ0v) is 35.6. The summed E-state index contributed by atoms with van der Waals surface area (Å²) in [5.74, 6) is 0. The summed E-state index contributed by atoms with van der Waals surface area (Å²) >= 11 is 1.90. The largest absolute Gasteiger partial charge is 0.310 e. The number of aromatic nitrogens is 1. The molecule has 2 nitrogen and oxygen atoms in total. The highest BCUT2D eigenvalue weighted by Gasteiger charge is 2.48. The van der Waals surface area contributed by atoms with Crippen LogP contribution in [0.25, 0.3) is 70.9 Å². The molecule has 3 heteroatoms. The van der Waals surface area contributed by atoms with E-state index in [1.807, 2.05) is 11.8 Å². The number of nitrogens with zero attached hydrogens (tertiary/aromatic N) is 2. The van der Waals surface area contributed by atoms with E-state index < -0.39 is 5.41 Å². The third-order valence-electron chi connectivity index (χ3n) is 14.0. The summed E-state index contributed by atoms with van der Waals surface area (Å²) in [6.45, 7) is 0. The van der Waals surface area contributed by atoms with E-state index in [4.69, 9.17) is 0 Å². The van der Waals surface area contributed by atoms with Crippen molar-refractivity contribution in [3.63, 3.8) is 0 Å². The minimum Gasteiger partial charge on any atom is -0.310 e. The molecule has 14 rings (SSSR count). The van der Waals surface area contributed by atoms with E-state index in [2.05, 4.69) is 240 Å². The highest BCUT2D eigenvalue weighted by molar-refractivity contribution is 7.99. The quantitative estimate of drug-likeness (QED) is 0.175. The third kappa shape index (κ3) is 4.87. The van der Waals surface area contributed by atoms with Crippen molar-refractivity contribution in [3.05, 3.63) is 253 Å². The lowest BCUT2D eigenvalue weighted by atomic mass is 9.59. The maximum absolute atomic E-state index is 2.49. The third-order valence-corrected chi connectivity index (χ3v) is 15.1. The van der Waals surface area contributed by atoms with Gasteiger partial charge in [0, 0.05) is 42.7 Å². The van der Waals surface area contributed by atoms with Crippen LogP contribution < -0.4 is 4.90 Å². The van der Waals surface area contributed by atoms with Gasteiger partial charge in [0.25, 0.3) is 0 Å². The molecule has 11 aromatic carbocycles. The van der Waals surface area contributed by atoms with Gasteiger partial charge in [-0.05, 0) is 103 Å². The fourth-order valence-electron chi connectivity index (χ4n) is 11.4. The first-order chi connectivity index (χ1) is 31.8. The number of rotatable bonds is 4. The summed E-state index contributed by atoms with van der Waals surface area (Å²) in [7, 11) is 0. The lowest BCUT2D eigenvalue weighted by molar-refractivity contribution is 0.707. The van der Waals surface area contributed by atoms with Crippen LogP contribution in [0.2, 0.25) is 0 Å². The summed E-state index contributed by atoms with van der Waals surface area (Å²) in [6, 6.07) is 86.0. The number of benzene rings is 11. The zero-order valence-electron chi connectivity index (χ0n) is 34.7. The summed E-state index contributed by atoms with van der Waals surface area (Å²) < 4.78 is 2.47. The van der Waals surface area contributed by atoms with E-state index in [0.717, 1.165) is 17.1 Å². The van der Waals surface area contributed by atoms with Gasteiger partial charge < -0.3 is 9.47 Å². The van der Waals surface area contributed by atoms with Crippen LogP contribution in [0.5, 0.6) is 0 Å². The Hall–Kier alpha value is -7.85. The molecule has 1 atom stereocenters. The number of hydrogen-bond donors (Lipinski definition) is 0. The zero-order chi connectivity index (χ0) is 41.9. The Bertz CT molecular complexity index is 3900. The van der Waals surface area contributed by atoms with Crippen molar-refractivity contribution in [1.29, 1.82) is 0 Å². The number of anilines is 3. The molecule has 1 unspecified atom stereocenters. The van der Waals surface area contributed by atoms with E-state index in [9.17, 15) is 0 Å². The predicted molar refractivity (Wildman–Crippen MR) is 269 cm³/mol. The van der Waals surface area contributed by atoms with E-state index >= 15 is 0 Å². The molecule has 2 aliphatic rings. The van der Waals surface area contributed by atoms with Crippen LogP contribution in [0.1, 0.15) is 22.3 Å². The molecule has 0 amide bonds. The van der Waals surface area contributed by atoms with E-state index in [-0.39, 0.29) is 0 Å². The first kappa shape index (κ1) is 35.7. The summed E-state index contributed by atoms with van der Waals surface area (Å²) in [6.07, 6.45) is 0. The molecule has 0 saturated heterocycles. The highest BCUT2D eigenvalue weighted by Crippen LogP contribution is 2.62. The van der Waals surface area contributed by atoms with E-state index in [1.54, 1.807) is 0 Å². The maximum atomic E-state index is 2.49. The lowest BCUT2D eigenvalue weighted by Gasteiger charge is -2.46. The Balaban J connectivity index is 1.05. The second-order valence-electron chi connectivity index (χ2n) is 17.2. The standard InChI is InChI=1S/C61H38N2S/c1-3-21-44-39(15-1)17-13-30-54(44)62(42-33-35-48-47-24-6-9-29-56(47)63(57(48)37-42)55-31-14-18-40-16-2-4-22-45(40)55)43-34-36-52-59(38-43)64-58-32-10-8-27-51(58)61(52)50-26-7-5-23-46(50)49-25-11-19-41-20-12-28-53(61)60(41)49/h1-38H. The van der Waals surface area contributed by atoms with Gasteiger partial charge in [-0.1, -0.05) is 194 Å². The molecule has 0 N–H and O–H groups in total. The molecule has 0 fully saturated rings. The number of fused-ring (bicyclic) bond motifs is 13. The Morgan fingerprint density at radius 3 is 1.83 bits per heavy atom. The van der Waals surface area contributed by atoms with Crippen molar-refractivity contribution in [2.24, 2.45) is 0 Å². The van der Waals surface area contributed by atoms with Crippen LogP contribution in [-0.2, 0) is 5.41 Å². The normalized spacial score (nSPS) is 14.9. The van der Waals surface area contributed by atoms with Gasteiger partial charge in [0.15, 0.2) is 0 Å². The Morgan fingerprint density at radius 1 is 0.359 bits per heavy atom. The van der Waals surface area contributed by atoms with Crippen LogP contribution >= 0.6 is 11.8 Å². The van der Waals surface area contributed by atoms with Crippen molar-refractivity contribution < 1.29 is 0 Å². The van der Waals surface area contributed by atoms with Gasteiger partial charge in [-0.15, -0.1) is 0 Å². The van der Waals surface area contributed by atoms with E-state index in [0.29, 0.717) is 0 Å². The van der Waals surface area contributed by atoms with Crippen LogP contribution in [-0.4, -0.2) is 4.57 Å². The van der Waals surface area contributed by atoms with Gasteiger partial charge in [-0.2, -0.15) is 0 Å². The first-order valence-corrected chi connectivity index (χ1v) is 22.9. The molecule has 0 bridgehead atoms. The molecule has 0 saturated carbocycles. The van der Waals surface area contributed by atoms with Gasteiger partial charge >= 0.3 is 0 Å².